The van der Waals surface area contributed by atoms with Crippen LogP contribution >= 0.6 is 0 Å². The summed E-state index contributed by atoms with van der Waals surface area (Å²) in [7, 11) is 1.38. The Hall–Kier alpha value is -1.79. The van der Waals surface area contributed by atoms with Crippen molar-refractivity contribution >= 4 is 5.97 Å². The Morgan fingerprint density at radius 2 is 1.94 bits per heavy atom. The first-order chi connectivity index (χ1) is 8.12. The largest absolute Gasteiger partial charge is 0.493 e. The van der Waals surface area contributed by atoms with Crippen LogP contribution < -0.4 is 9.47 Å². The smallest absolute Gasteiger partial charge is 0.335 e. The molecule has 94 valence electrons. The van der Waals surface area contributed by atoms with Gasteiger partial charge in [0.2, 0.25) is 0 Å². The standard InChI is InChI=1S/C11H14O6/c1-16-10-4-7(11(14)15)2-3-9(10)17-8(5-12)6-13/h2-4,8,12-13H,5-6H2,1H3,(H,14,15). The van der Waals surface area contributed by atoms with Crippen molar-refractivity contribution in [2.24, 2.45) is 0 Å². The normalized spacial score (nSPS) is 10.4. The van der Waals surface area contributed by atoms with Crippen LogP contribution in [0.2, 0.25) is 0 Å². The number of hydrogen-bond donors (Lipinski definition) is 3. The molecule has 0 atom stereocenters. The Bertz CT molecular complexity index is 386. The van der Waals surface area contributed by atoms with Crippen molar-refractivity contribution in [3.8, 4) is 11.5 Å². The van der Waals surface area contributed by atoms with Gasteiger partial charge in [0.05, 0.1) is 25.9 Å². The molecule has 6 heteroatoms. The molecule has 6 nitrogen and oxygen atoms in total. The number of carboxylic acids is 1. The molecule has 0 aliphatic rings. The van der Waals surface area contributed by atoms with Gasteiger partial charge in [0, 0.05) is 0 Å². The van der Waals surface area contributed by atoms with Gasteiger partial charge >= 0.3 is 5.97 Å². The highest BCUT2D eigenvalue weighted by Gasteiger charge is 2.14. The van der Waals surface area contributed by atoms with Gasteiger partial charge in [0.1, 0.15) is 6.10 Å². The SMILES string of the molecule is COc1cc(C(=O)O)ccc1OC(CO)CO. The molecule has 0 saturated carbocycles. The minimum absolute atomic E-state index is 0.0683. The van der Waals surface area contributed by atoms with E-state index in [2.05, 4.69) is 0 Å². The van der Waals surface area contributed by atoms with Gasteiger partial charge < -0.3 is 24.8 Å². The molecule has 1 rings (SSSR count). The Labute approximate surface area is 98.0 Å². The fourth-order valence-electron chi connectivity index (χ4n) is 1.21. The zero-order valence-electron chi connectivity index (χ0n) is 9.29. The number of benzene rings is 1. The number of ether oxygens (including phenoxy) is 2. The number of carboxylic acid groups (broad SMARTS) is 1. The first-order valence-corrected chi connectivity index (χ1v) is 4.92. The van der Waals surface area contributed by atoms with Gasteiger partial charge in [-0.2, -0.15) is 0 Å². The van der Waals surface area contributed by atoms with Gasteiger partial charge in [0.15, 0.2) is 11.5 Å². The highest BCUT2D eigenvalue weighted by molar-refractivity contribution is 5.88. The predicted octanol–water partition coefficient (Wildman–Crippen LogP) is 0.125. The molecule has 0 aliphatic carbocycles. The summed E-state index contributed by atoms with van der Waals surface area (Å²) in [5.41, 5.74) is 0.0683. The van der Waals surface area contributed by atoms with E-state index in [-0.39, 0.29) is 30.3 Å². The quantitative estimate of drug-likeness (QED) is 0.656. The van der Waals surface area contributed by atoms with Gasteiger partial charge in [0.25, 0.3) is 0 Å². The molecular formula is C11H14O6. The van der Waals surface area contributed by atoms with Crippen LogP contribution in [-0.4, -0.2) is 47.7 Å². The number of aliphatic hydroxyl groups excluding tert-OH is 2. The zero-order chi connectivity index (χ0) is 12.8. The van der Waals surface area contributed by atoms with Crippen molar-refractivity contribution in [2.45, 2.75) is 6.10 Å². The molecule has 1 aromatic carbocycles. The van der Waals surface area contributed by atoms with E-state index in [1.165, 1.54) is 25.3 Å². The van der Waals surface area contributed by atoms with E-state index >= 15 is 0 Å². The van der Waals surface area contributed by atoms with E-state index in [4.69, 9.17) is 24.8 Å². The van der Waals surface area contributed by atoms with Crippen LogP contribution in [0.3, 0.4) is 0 Å². The maximum absolute atomic E-state index is 10.7. The molecule has 0 bridgehead atoms. The summed E-state index contributed by atoms with van der Waals surface area (Å²) < 4.78 is 10.2. The minimum Gasteiger partial charge on any atom is -0.493 e. The third kappa shape index (κ3) is 3.33. The van der Waals surface area contributed by atoms with Crippen molar-refractivity contribution in [1.82, 2.24) is 0 Å². The summed E-state index contributed by atoms with van der Waals surface area (Å²) in [6, 6.07) is 4.08. The van der Waals surface area contributed by atoms with Crippen LogP contribution in [-0.2, 0) is 0 Å². The molecule has 17 heavy (non-hydrogen) atoms. The molecule has 0 fully saturated rings. The second-order valence-electron chi connectivity index (χ2n) is 3.28. The van der Waals surface area contributed by atoms with E-state index in [1.807, 2.05) is 0 Å². The van der Waals surface area contributed by atoms with Crippen LogP contribution in [0.5, 0.6) is 11.5 Å². The van der Waals surface area contributed by atoms with Gasteiger partial charge in [-0.1, -0.05) is 0 Å². The van der Waals surface area contributed by atoms with E-state index in [1.54, 1.807) is 0 Å². The maximum atomic E-state index is 10.7. The number of rotatable bonds is 6. The number of hydrogen-bond acceptors (Lipinski definition) is 5. The maximum Gasteiger partial charge on any atom is 0.335 e. The molecule has 1 aromatic rings. The molecule has 0 radical (unpaired) electrons. The fourth-order valence-corrected chi connectivity index (χ4v) is 1.21. The fraction of sp³-hybridized carbons (Fsp3) is 0.364. The monoisotopic (exact) mass is 242 g/mol. The number of methoxy groups -OCH3 is 1. The average molecular weight is 242 g/mol. The Balaban J connectivity index is 2.96. The zero-order valence-corrected chi connectivity index (χ0v) is 9.29. The Kier molecular flexibility index (Phi) is 4.74. The summed E-state index contributed by atoms with van der Waals surface area (Å²) >= 11 is 0. The molecule has 0 amide bonds. The topological polar surface area (TPSA) is 96.2 Å². The van der Waals surface area contributed by atoms with Crippen LogP contribution in [0.15, 0.2) is 18.2 Å². The van der Waals surface area contributed by atoms with Crippen molar-refractivity contribution in [3.05, 3.63) is 23.8 Å². The minimum atomic E-state index is -1.07. The molecule has 0 saturated heterocycles. The third-order valence-corrected chi connectivity index (χ3v) is 2.11. The first kappa shape index (κ1) is 13.3. The molecule has 0 aromatic heterocycles. The van der Waals surface area contributed by atoms with Gasteiger partial charge in [-0.25, -0.2) is 4.79 Å². The lowest BCUT2D eigenvalue weighted by atomic mass is 10.2. The summed E-state index contributed by atoms with van der Waals surface area (Å²) in [5, 5.41) is 26.5. The van der Waals surface area contributed by atoms with Gasteiger partial charge in [-0.05, 0) is 18.2 Å². The third-order valence-electron chi connectivity index (χ3n) is 2.11. The molecule has 0 unspecified atom stereocenters. The van der Waals surface area contributed by atoms with E-state index in [0.29, 0.717) is 0 Å². The lowest BCUT2D eigenvalue weighted by molar-refractivity contribution is 0.0607. The molecular weight excluding hydrogens is 228 g/mol. The summed E-state index contributed by atoms with van der Waals surface area (Å²) in [6.07, 6.45) is -0.764. The van der Waals surface area contributed by atoms with Crippen molar-refractivity contribution in [2.75, 3.05) is 20.3 Å². The summed E-state index contributed by atoms with van der Waals surface area (Å²) in [5.74, 6) is -0.571. The highest BCUT2D eigenvalue weighted by Crippen LogP contribution is 2.28. The second-order valence-corrected chi connectivity index (χ2v) is 3.28. The molecule has 0 heterocycles. The van der Waals surface area contributed by atoms with Crippen LogP contribution in [0.25, 0.3) is 0 Å². The lowest BCUT2D eigenvalue weighted by Crippen LogP contribution is -2.25. The average Bonchev–Trinajstić information content (AvgIpc) is 2.35. The molecule has 0 aliphatic heterocycles. The Morgan fingerprint density at radius 3 is 2.41 bits per heavy atom. The molecule has 3 N–H and O–H groups in total. The van der Waals surface area contributed by atoms with E-state index in [9.17, 15) is 4.79 Å². The lowest BCUT2D eigenvalue weighted by Gasteiger charge is -2.16. The van der Waals surface area contributed by atoms with E-state index < -0.39 is 12.1 Å². The van der Waals surface area contributed by atoms with Crippen LogP contribution in [0, 0.1) is 0 Å². The van der Waals surface area contributed by atoms with Gasteiger partial charge in [-0.15, -0.1) is 0 Å². The van der Waals surface area contributed by atoms with Gasteiger partial charge in [-0.3, -0.25) is 0 Å². The first-order valence-electron chi connectivity index (χ1n) is 4.92. The highest BCUT2D eigenvalue weighted by atomic mass is 16.5. The van der Waals surface area contributed by atoms with Crippen LogP contribution in [0.4, 0.5) is 0 Å². The van der Waals surface area contributed by atoms with Crippen molar-refractivity contribution in [3.63, 3.8) is 0 Å². The second kappa shape index (κ2) is 6.07. The number of aromatic carboxylic acids is 1. The molecule has 0 spiro atoms. The van der Waals surface area contributed by atoms with Crippen molar-refractivity contribution < 1.29 is 29.6 Å². The summed E-state index contributed by atoms with van der Waals surface area (Å²) in [6.45, 7) is -0.694. The predicted molar refractivity (Wildman–Crippen MR) is 58.5 cm³/mol. The Morgan fingerprint density at radius 1 is 1.29 bits per heavy atom. The summed E-state index contributed by atoms with van der Waals surface area (Å²) in [4.78, 5) is 10.7. The van der Waals surface area contributed by atoms with Crippen LogP contribution in [0.1, 0.15) is 10.4 Å². The van der Waals surface area contributed by atoms with Crippen molar-refractivity contribution in [1.29, 1.82) is 0 Å². The number of carbonyl (C=O) groups is 1. The van der Waals surface area contributed by atoms with E-state index in [0.717, 1.165) is 0 Å². The number of aliphatic hydroxyl groups is 2.